The van der Waals surface area contributed by atoms with Crippen LogP contribution in [-0.2, 0) is 0 Å². The predicted octanol–water partition coefficient (Wildman–Crippen LogP) is 3.20. The molecule has 1 fully saturated rings. The molecule has 0 aromatic heterocycles. The van der Waals surface area contributed by atoms with Gasteiger partial charge in [-0.25, -0.2) is 0 Å². The van der Waals surface area contributed by atoms with Crippen LogP contribution >= 0.6 is 0 Å². The average molecular weight is 183 g/mol. The highest BCUT2D eigenvalue weighted by molar-refractivity contribution is 4.75. The Morgan fingerprint density at radius 1 is 1.23 bits per heavy atom. The first kappa shape index (κ1) is 11.0. The number of hydrogen-bond donors (Lipinski definition) is 1. The summed E-state index contributed by atoms with van der Waals surface area (Å²) in [6.45, 7) is 8.05. The summed E-state index contributed by atoms with van der Waals surface area (Å²) in [6, 6.07) is 0.709. The average Bonchev–Trinajstić information content (AvgIpc) is 2.55. The van der Waals surface area contributed by atoms with Gasteiger partial charge in [-0.15, -0.1) is 0 Å². The molecular weight excluding hydrogens is 158 g/mol. The van der Waals surface area contributed by atoms with Gasteiger partial charge in [-0.3, -0.25) is 0 Å². The first-order valence-electron chi connectivity index (χ1n) is 5.97. The van der Waals surface area contributed by atoms with Crippen molar-refractivity contribution in [2.45, 2.75) is 58.9 Å². The molecule has 0 heterocycles. The van der Waals surface area contributed by atoms with Crippen molar-refractivity contribution >= 4 is 0 Å². The third-order valence-electron chi connectivity index (χ3n) is 3.48. The summed E-state index contributed by atoms with van der Waals surface area (Å²) in [5.41, 5.74) is 0. The zero-order valence-corrected chi connectivity index (χ0v) is 9.47. The van der Waals surface area contributed by atoms with E-state index in [9.17, 15) is 0 Å². The number of hydrogen-bond acceptors (Lipinski definition) is 1. The van der Waals surface area contributed by atoms with Gasteiger partial charge in [0.2, 0.25) is 0 Å². The van der Waals surface area contributed by atoms with E-state index in [1.807, 2.05) is 0 Å². The molecule has 1 rings (SSSR count). The maximum atomic E-state index is 3.50. The SMILES string of the molecule is CCNC(C)CC(C)C1CCCC1. The van der Waals surface area contributed by atoms with E-state index in [2.05, 4.69) is 26.1 Å². The van der Waals surface area contributed by atoms with Gasteiger partial charge in [0.1, 0.15) is 0 Å². The highest BCUT2D eigenvalue weighted by Gasteiger charge is 2.22. The summed E-state index contributed by atoms with van der Waals surface area (Å²) in [6.07, 6.45) is 7.29. The molecule has 0 aromatic carbocycles. The molecule has 0 spiro atoms. The molecule has 1 saturated carbocycles. The molecule has 1 aliphatic carbocycles. The van der Waals surface area contributed by atoms with E-state index in [0.717, 1.165) is 18.4 Å². The zero-order valence-electron chi connectivity index (χ0n) is 9.47. The molecule has 0 aliphatic heterocycles. The molecular formula is C12H25N. The molecule has 78 valence electrons. The fraction of sp³-hybridized carbons (Fsp3) is 1.00. The van der Waals surface area contributed by atoms with Crippen molar-refractivity contribution in [2.75, 3.05) is 6.54 Å². The fourth-order valence-corrected chi connectivity index (χ4v) is 2.71. The zero-order chi connectivity index (χ0) is 9.68. The summed E-state index contributed by atoms with van der Waals surface area (Å²) in [4.78, 5) is 0. The molecule has 0 radical (unpaired) electrons. The van der Waals surface area contributed by atoms with Crippen LogP contribution in [0, 0.1) is 11.8 Å². The van der Waals surface area contributed by atoms with Gasteiger partial charge >= 0.3 is 0 Å². The van der Waals surface area contributed by atoms with E-state index < -0.39 is 0 Å². The molecule has 0 aromatic rings. The number of nitrogens with one attached hydrogen (secondary N) is 1. The van der Waals surface area contributed by atoms with Crippen LogP contribution in [0.3, 0.4) is 0 Å². The lowest BCUT2D eigenvalue weighted by molar-refractivity contribution is 0.311. The first-order chi connectivity index (χ1) is 6.24. The fourth-order valence-electron chi connectivity index (χ4n) is 2.71. The van der Waals surface area contributed by atoms with Crippen LogP contribution in [0.5, 0.6) is 0 Å². The summed E-state index contributed by atoms with van der Waals surface area (Å²) >= 11 is 0. The van der Waals surface area contributed by atoms with Crippen LogP contribution in [0.2, 0.25) is 0 Å². The van der Waals surface area contributed by atoms with Gasteiger partial charge < -0.3 is 5.32 Å². The normalized spacial score (nSPS) is 23.3. The van der Waals surface area contributed by atoms with E-state index in [-0.39, 0.29) is 0 Å². The molecule has 1 aliphatic rings. The van der Waals surface area contributed by atoms with Gasteiger partial charge in [-0.2, -0.15) is 0 Å². The molecule has 2 atom stereocenters. The maximum absolute atomic E-state index is 3.50. The molecule has 0 amide bonds. The Bertz CT molecular complexity index is 127. The number of rotatable bonds is 5. The van der Waals surface area contributed by atoms with Crippen molar-refractivity contribution < 1.29 is 0 Å². The second-order valence-corrected chi connectivity index (χ2v) is 4.72. The summed E-state index contributed by atoms with van der Waals surface area (Å²) in [5.74, 6) is 1.96. The molecule has 0 saturated heterocycles. The van der Waals surface area contributed by atoms with Gasteiger partial charge in [-0.05, 0) is 31.7 Å². The maximum Gasteiger partial charge on any atom is 0.00412 e. The molecule has 0 bridgehead atoms. The Labute approximate surface area is 83.3 Å². The van der Waals surface area contributed by atoms with Crippen molar-refractivity contribution in [2.24, 2.45) is 11.8 Å². The second kappa shape index (κ2) is 5.64. The van der Waals surface area contributed by atoms with E-state index in [1.54, 1.807) is 0 Å². The highest BCUT2D eigenvalue weighted by Crippen LogP contribution is 2.33. The van der Waals surface area contributed by atoms with Crippen LogP contribution < -0.4 is 5.32 Å². The molecule has 13 heavy (non-hydrogen) atoms. The van der Waals surface area contributed by atoms with Gasteiger partial charge in [0, 0.05) is 6.04 Å². The van der Waals surface area contributed by atoms with Crippen LogP contribution in [0.4, 0.5) is 0 Å². The van der Waals surface area contributed by atoms with Crippen molar-refractivity contribution in [3.8, 4) is 0 Å². The Balaban J connectivity index is 2.18. The minimum Gasteiger partial charge on any atom is -0.315 e. The lowest BCUT2D eigenvalue weighted by atomic mass is 9.87. The smallest absolute Gasteiger partial charge is 0.00412 e. The summed E-state index contributed by atoms with van der Waals surface area (Å²) in [7, 11) is 0. The standard InChI is InChI=1S/C12H25N/c1-4-13-11(3)9-10(2)12-7-5-6-8-12/h10-13H,4-9H2,1-3H3. The minimum atomic E-state index is 0.709. The third kappa shape index (κ3) is 3.68. The molecule has 1 heteroatoms. The van der Waals surface area contributed by atoms with Crippen LogP contribution in [0.25, 0.3) is 0 Å². The summed E-state index contributed by atoms with van der Waals surface area (Å²) < 4.78 is 0. The van der Waals surface area contributed by atoms with E-state index in [4.69, 9.17) is 0 Å². The van der Waals surface area contributed by atoms with Crippen molar-refractivity contribution in [1.82, 2.24) is 5.32 Å². The van der Waals surface area contributed by atoms with Gasteiger partial charge in [-0.1, -0.05) is 39.5 Å². The summed E-state index contributed by atoms with van der Waals surface area (Å²) in [5, 5.41) is 3.50. The van der Waals surface area contributed by atoms with E-state index in [1.165, 1.54) is 32.1 Å². The van der Waals surface area contributed by atoms with E-state index >= 15 is 0 Å². The van der Waals surface area contributed by atoms with E-state index in [0.29, 0.717) is 6.04 Å². The third-order valence-corrected chi connectivity index (χ3v) is 3.48. The van der Waals surface area contributed by atoms with Crippen LogP contribution in [0.1, 0.15) is 52.9 Å². The highest BCUT2D eigenvalue weighted by atomic mass is 14.9. The molecule has 1 nitrogen and oxygen atoms in total. The Kier molecular flexibility index (Phi) is 4.79. The topological polar surface area (TPSA) is 12.0 Å². The Morgan fingerprint density at radius 2 is 1.85 bits per heavy atom. The van der Waals surface area contributed by atoms with Gasteiger partial charge in [0.05, 0.1) is 0 Å². The monoisotopic (exact) mass is 183 g/mol. The second-order valence-electron chi connectivity index (χ2n) is 4.72. The largest absolute Gasteiger partial charge is 0.315 e. The van der Waals surface area contributed by atoms with Crippen LogP contribution in [0.15, 0.2) is 0 Å². The Morgan fingerprint density at radius 3 is 2.38 bits per heavy atom. The minimum absolute atomic E-state index is 0.709. The van der Waals surface area contributed by atoms with Crippen molar-refractivity contribution in [3.63, 3.8) is 0 Å². The van der Waals surface area contributed by atoms with Gasteiger partial charge in [0.25, 0.3) is 0 Å². The van der Waals surface area contributed by atoms with Crippen LogP contribution in [-0.4, -0.2) is 12.6 Å². The van der Waals surface area contributed by atoms with Crippen molar-refractivity contribution in [1.29, 1.82) is 0 Å². The molecule has 2 unspecified atom stereocenters. The lowest BCUT2D eigenvalue weighted by Gasteiger charge is -2.22. The van der Waals surface area contributed by atoms with Gasteiger partial charge in [0.15, 0.2) is 0 Å². The predicted molar refractivity (Wildman–Crippen MR) is 58.9 cm³/mol. The lowest BCUT2D eigenvalue weighted by Crippen LogP contribution is -2.28. The first-order valence-corrected chi connectivity index (χ1v) is 5.97. The van der Waals surface area contributed by atoms with Crippen molar-refractivity contribution in [3.05, 3.63) is 0 Å². The Hall–Kier alpha value is -0.0400. The molecule has 1 N–H and O–H groups in total. The quantitative estimate of drug-likeness (QED) is 0.690.